The van der Waals surface area contributed by atoms with Gasteiger partial charge in [0.1, 0.15) is 5.82 Å². The van der Waals surface area contributed by atoms with Gasteiger partial charge in [-0.3, -0.25) is 23.7 Å². The smallest absolute Gasteiger partial charge is 0.332 e. The molecule has 0 bridgehead atoms. The molecule has 2 aromatic rings. The highest BCUT2D eigenvalue weighted by atomic mass is 16.2. The maximum Gasteiger partial charge on any atom is 0.332 e. The molecular formula is C22H31N5O3. The van der Waals surface area contributed by atoms with Crippen molar-refractivity contribution in [2.75, 3.05) is 31.6 Å². The van der Waals surface area contributed by atoms with Crippen LogP contribution in [0.1, 0.15) is 31.9 Å². The molecule has 0 aromatic carbocycles. The lowest BCUT2D eigenvalue weighted by molar-refractivity contribution is -0.134. The third-order valence-corrected chi connectivity index (χ3v) is 5.73. The van der Waals surface area contributed by atoms with Gasteiger partial charge in [-0.15, -0.1) is 0 Å². The van der Waals surface area contributed by atoms with Crippen molar-refractivity contribution in [2.45, 2.75) is 39.2 Å². The zero-order valence-electron chi connectivity index (χ0n) is 18.1. The van der Waals surface area contributed by atoms with Crippen LogP contribution in [0.4, 0.5) is 5.82 Å². The van der Waals surface area contributed by atoms with E-state index in [4.69, 9.17) is 0 Å². The van der Waals surface area contributed by atoms with E-state index >= 15 is 0 Å². The molecule has 1 aliphatic rings. The Morgan fingerprint density at radius 2 is 2.10 bits per heavy atom. The molecule has 1 aliphatic heterocycles. The minimum Gasteiger partial charge on any atom is -0.357 e. The third kappa shape index (κ3) is 4.80. The second kappa shape index (κ2) is 9.73. The Kier molecular flexibility index (Phi) is 7.07. The molecule has 2 aromatic heterocycles. The molecular weight excluding hydrogens is 382 g/mol. The Labute approximate surface area is 176 Å². The zero-order chi connectivity index (χ0) is 21.7. The quantitative estimate of drug-likeness (QED) is 0.683. The fraction of sp³-hybridized carbons (Fsp3) is 0.545. The van der Waals surface area contributed by atoms with Crippen LogP contribution < -0.4 is 16.1 Å². The number of anilines is 1. The maximum absolute atomic E-state index is 13.0. The number of piperidine rings is 1. The molecule has 1 amide bonds. The molecule has 8 heteroatoms. The van der Waals surface area contributed by atoms with E-state index in [1.165, 1.54) is 13.1 Å². The van der Waals surface area contributed by atoms with Crippen LogP contribution in [0.5, 0.6) is 0 Å². The highest BCUT2D eigenvalue weighted by Crippen LogP contribution is 2.23. The summed E-state index contributed by atoms with van der Waals surface area (Å²) in [5.74, 6) is 0.573. The van der Waals surface area contributed by atoms with E-state index in [1.54, 1.807) is 15.7 Å². The molecule has 1 fully saturated rings. The van der Waals surface area contributed by atoms with E-state index in [0.29, 0.717) is 31.9 Å². The van der Waals surface area contributed by atoms with Gasteiger partial charge >= 0.3 is 5.69 Å². The van der Waals surface area contributed by atoms with E-state index in [-0.39, 0.29) is 23.1 Å². The summed E-state index contributed by atoms with van der Waals surface area (Å²) in [5.41, 5.74) is 0.342. The number of carbonyl (C=O) groups is 1. The van der Waals surface area contributed by atoms with Gasteiger partial charge in [-0.05, 0) is 31.4 Å². The van der Waals surface area contributed by atoms with Crippen molar-refractivity contribution in [3.63, 3.8) is 0 Å². The second-order valence-corrected chi connectivity index (χ2v) is 7.95. The van der Waals surface area contributed by atoms with Gasteiger partial charge in [0.25, 0.3) is 5.56 Å². The fourth-order valence-corrected chi connectivity index (χ4v) is 3.99. The van der Waals surface area contributed by atoms with Crippen LogP contribution in [0.3, 0.4) is 0 Å². The van der Waals surface area contributed by atoms with E-state index in [9.17, 15) is 14.4 Å². The lowest BCUT2D eigenvalue weighted by atomic mass is 9.96. The molecule has 3 heterocycles. The predicted molar refractivity (Wildman–Crippen MR) is 117 cm³/mol. The van der Waals surface area contributed by atoms with Gasteiger partial charge in [-0.2, -0.15) is 0 Å². The van der Waals surface area contributed by atoms with Crippen LogP contribution in [0.15, 0.2) is 40.1 Å². The summed E-state index contributed by atoms with van der Waals surface area (Å²) in [4.78, 5) is 46.0. The van der Waals surface area contributed by atoms with Crippen LogP contribution in [0, 0.1) is 5.92 Å². The second-order valence-electron chi connectivity index (χ2n) is 7.95. The monoisotopic (exact) mass is 413 g/mol. The summed E-state index contributed by atoms with van der Waals surface area (Å²) in [6.07, 6.45) is 4.92. The van der Waals surface area contributed by atoms with Gasteiger partial charge in [0.15, 0.2) is 0 Å². The van der Waals surface area contributed by atoms with Crippen molar-refractivity contribution >= 4 is 11.7 Å². The topological polar surface area (TPSA) is 80.4 Å². The van der Waals surface area contributed by atoms with Crippen molar-refractivity contribution in [3.8, 4) is 0 Å². The number of pyridine rings is 1. The molecule has 1 unspecified atom stereocenters. The molecule has 8 nitrogen and oxygen atoms in total. The van der Waals surface area contributed by atoms with Gasteiger partial charge in [0, 0.05) is 64.7 Å². The van der Waals surface area contributed by atoms with E-state index in [1.807, 2.05) is 37.1 Å². The molecule has 1 atom stereocenters. The first kappa shape index (κ1) is 21.8. The summed E-state index contributed by atoms with van der Waals surface area (Å²) in [6.45, 7) is 4.40. The maximum atomic E-state index is 13.0. The molecule has 0 N–H and O–H groups in total. The number of amides is 1. The Bertz CT molecular complexity index is 983. The molecule has 0 aliphatic carbocycles. The minimum atomic E-state index is -0.316. The lowest BCUT2D eigenvalue weighted by Crippen LogP contribution is -2.47. The average Bonchev–Trinajstić information content (AvgIpc) is 2.78. The normalized spacial score (nSPS) is 16.5. The van der Waals surface area contributed by atoms with Crippen LogP contribution in [-0.4, -0.2) is 51.6 Å². The van der Waals surface area contributed by atoms with Gasteiger partial charge in [0.05, 0.1) is 5.92 Å². The lowest BCUT2D eigenvalue weighted by Gasteiger charge is -2.36. The molecule has 0 spiro atoms. The van der Waals surface area contributed by atoms with Crippen molar-refractivity contribution < 1.29 is 4.79 Å². The molecule has 30 heavy (non-hydrogen) atoms. The molecule has 0 radical (unpaired) electrons. The average molecular weight is 414 g/mol. The van der Waals surface area contributed by atoms with Gasteiger partial charge in [-0.1, -0.05) is 13.0 Å². The number of carbonyl (C=O) groups excluding carboxylic acids is 1. The van der Waals surface area contributed by atoms with Gasteiger partial charge in [0.2, 0.25) is 5.91 Å². The molecule has 162 valence electrons. The molecule has 3 rings (SSSR count). The number of hydrogen-bond donors (Lipinski definition) is 0. The zero-order valence-corrected chi connectivity index (χ0v) is 18.1. The largest absolute Gasteiger partial charge is 0.357 e. The Morgan fingerprint density at radius 1 is 1.30 bits per heavy atom. The SMILES string of the molecule is CCCn1c(N2CCCC(C(=O)N(C)CCc3ccccn3)C2)cc(=O)n(C)c1=O. The first-order chi connectivity index (χ1) is 14.4. The van der Waals surface area contributed by atoms with Crippen LogP contribution in [0.2, 0.25) is 0 Å². The number of nitrogens with zero attached hydrogens (tertiary/aromatic N) is 5. The molecule has 1 saturated heterocycles. The van der Waals surface area contributed by atoms with Crippen LogP contribution in [0.25, 0.3) is 0 Å². The highest BCUT2D eigenvalue weighted by molar-refractivity contribution is 5.79. The van der Waals surface area contributed by atoms with Gasteiger partial charge < -0.3 is 9.80 Å². The highest BCUT2D eigenvalue weighted by Gasteiger charge is 2.29. The Morgan fingerprint density at radius 3 is 2.80 bits per heavy atom. The number of rotatable bonds is 7. The Balaban J connectivity index is 1.73. The number of hydrogen-bond acceptors (Lipinski definition) is 5. The summed E-state index contributed by atoms with van der Waals surface area (Å²) in [7, 11) is 3.33. The van der Waals surface area contributed by atoms with E-state index in [0.717, 1.165) is 36.1 Å². The van der Waals surface area contributed by atoms with Crippen molar-refractivity contribution in [1.29, 1.82) is 0 Å². The fourth-order valence-electron chi connectivity index (χ4n) is 3.99. The van der Waals surface area contributed by atoms with Gasteiger partial charge in [-0.25, -0.2) is 4.79 Å². The van der Waals surface area contributed by atoms with E-state index in [2.05, 4.69) is 4.98 Å². The van der Waals surface area contributed by atoms with Crippen molar-refractivity contribution in [3.05, 3.63) is 57.0 Å². The van der Waals surface area contributed by atoms with Crippen molar-refractivity contribution in [1.82, 2.24) is 19.0 Å². The molecule has 0 saturated carbocycles. The van der Waals surface area contributed by atoms with Crippen molar-refractivity contribution in [2.24, 2.45) is 13.0 Å². The third-order valence-electron chi connectivity index (χ3n) is 5.73. The predicted octanol–water partition coefficient (Wildman–Crippen LogP) is 1.27. The summed E-state index contributed by atoms with van der Waals surface area (Å²) < 4.78 is 2.79. The van der Waals surface area contributed by atoms with E-state index < -0.39 is 0 Å². The van der Waals surface area contributed by atoms with Crippen LogP contribution in [-0.2, 0) is 24.8 Å². The number of likely N-dealkylation sites (N-methyl/N-ethyl adjacent to an activating group) is 1. The minimum absolute atomic E-state index is 0.101. The first-order valence-electron chi connectivity index (χ1n) is 10.6. The summed E-state index contributed by atoms with van der Waals surface area (Å²) >= 11 is 0. The standard InChI is InChI=1S/C22H31N5O3/c1-4-12-27-19(15-20(28)25(3)22(27)30)26-13-7-8-17(16-26)21(29)24(2)14-10-18-9-5-6-11-23-18/h5-6,9,11,15,17H,4,7-8,10,12-14,16H2,1-3H3. The summed E-state index contributed by atoms with van der Waals surface area (Å²) in [6, 6.07) is 7.31. The number of aromatic nitrogens is 3. The summed E-state index contributed by atoms with van der Waals surface area (Å²) in [5, 5.41) is 0. The first-order valence-corrected chi connectivity index (χ1v) is 10.6. The Hall–Kier alpha value is -2.90. The van der Waals surface area contributed by atoms with Crippen LogP contribution >= 0.6 is 0 Å².